The van der Waals surface area contributed by atoms with Gasteiger partial charge < -0.3 is 15.6 Å². The minimum Gasteiger partial charge on any atom is -0.504 e. The van der Waals surface area contributed by atoms with Crippen LogP contribution in [0.25, 0.3) is 0 Å². The van der Waals surface area contributed by atoms with E-state index >= 15 is 0 Å². The number of fused-ring (bicyclic) bond motifs is 4. The van der Waals surface area contributed by atoms with Crippen molar-refractivity contribution in [3.8, 4) is 11.5 Å². The Hall–Kier alpha value is -4.25. The Bertz CT molecular complexity index is 1610. The van der Waals surface area contributed by atoms with Crippen molar-refractivity contribution in [2.75, 3.05) is 12.0 Å². The summed E-state index contributed by atoms with van der Waals surface area (Å²) in [7, 11) is 1.38. The van der Waals surface area contributed by atoms with E-state index in [9.17, 15) is 33.5 Å². The number of halogens is 2. The van der Waals surface area contributed by atoms with E-state index in [-0.39, 0.29) is 35.1 Å². The monoisotopic (exact) mass is 581 g/mol. The Labute approximate surface area is 238 Å². The lowest BCUT2D eigenvalue weighted by Crippen LogP contribution is -2.49. The Morgan fingerprint density at radius 3 is 2.49 bits per heavy atom. The fourth-order valence-corrected chi connectivity index (χ4v) is 7.53. The summed E-state index contributed by atoms with van der Waals surface area (Å²) in [6, 6.07) is 7.01. The van der Waals surface area contributed by atoms with E-state index in [1.807, 2.05) is 6.08 Å². The van der Waals surface area contributed by atoms with Crippen LogP contribution in [0.4, 0.5) is 14.9 Å². The number of anilines is 1. The normalized spacial score (nSPS) is 30.6. The van der Waals surface area contributed by atoms with Crippen LogP contribution in [0.2, 0.25) is 5.02 Å². The van der Waals surface area contributed by atoms with Gasteiger partial charge in [0, 0.05) is 5.92 Å². The molecule has 2 heterocycles. The average Bonchev–Trinajstić information content (AvgIpc) is 3.30. The lowest BCUT2D eigenvalue weighted by molar-refractivity contribution is -0.136. The molecule has 0 unspecified atom stereocenters. The summed E-state index contributed by atoms with van der Waals surface area (Å²) < 4.78 is 19.3. The third kappa shape index (κ3) is 3.57. The summed E-state index contributed by atoms with van der Waals surface area (Å²) in [5, 5.41) is 10.0. The topological polar surface area (TPSA) is 147 Å². The van der Waals surface area contributed by atoms with Gasteiger partial charge >= 0.3 is 6.03 Å². The number of benzene rings is 2. The van der Waals surface area contributed by atoms with E-state index in [1.165, 1.54) is 25.3 Å². The van der Waals surface area contributed by atoms with Gasteiger partial charge in [0.05, 0.1) is 41.0 Å². The Balaban J connectivity index is 1.54. The number of carbonyl (C=O) groups is 5. The van der Waals surface area contributed by atoms with Gasteiger partial charge in [-0.1, -0.05) is 29.3 Å². The predicted molar refractivity (Wildman–Crippen MR) is 142 cm³/mol. The highest BCUT2D eigenvalue weighted by atomic mass is 35.5. The minimum absolute atomic E-state index is 0.0524. The van der Waals surface area contributed by atoms with Gasteiger partial charge in [-0.25, -0.2) is 14.1 Å². The van der Waals surface area contributed by atoms with Gasteiger partial charge in [-0.15, -0.1) is 0 Å². The van der Waals surface area contributed by atoms with Gasteiger partial charge in [-0.05, 0) is 61.6 Å². The lowest BCUT2D eigenvalue weighted by Gasteiger charge is -2.49. The molecule has 4 aliphatic rings. The predicted octanol–water partition coefficient (Wildman–Crippen LogP) is 3.50. The Morgan fingerprint density at radius 2 is 1.83 bits per heavy atom. The number of allylic oxidation sites excluding steroid dienone is 2. The van der Waals surface area contributed by atoms with Crippen LogP contribution in [-0.4, -0.2) is 46.8 Å². The van der Waals surface area contributed by atoms with Crippen molar-refractivity contribution in [2.45, 2.75) is 25.7 Å². The Morgan fingerprint density at radius 1 is 1.10 bits per heavy atom. The van der Waals surface area contributed by atoms with Crippen molar-refractivity contribution in [2.24, 2.45) is 34.8 Å². The molecule has 2 aliphatic heterocycles. The quantitative estimate of drug-likeness (QED) is 0.416. The summed E-state index contributed by atoms with van der Waals surface area (Å²) in [5.74, 6) is -7.37. The zero-order valence-electron chi connectivity index (χ0n) is 22.0. The Kier molecular flexibility index (Phi) is 6.00. The number of nitrogens with zero attached hydrogens (tertiary/aromatic N) is 2. The third-order valence-corrected chi connectivity index (χ3v) is 9.48. The molecular formula is C29H25ClFN3O7. The van der Waals surface area contributed by atoms with Crippen molar-refractivity contribution in [1.82, 2.24) is 4.90 Å². The van der Waals surface area contributed by atoms with E-state index in [2.05, 4.69) is 0 Å². The molecule has 41 heavy (non-hydrogen) atoms. The number of aromatic hydroxyl groups is 1. The second kappa shape index (κ2) is 9.13. The SMILES string of the molecule is COc1cc([C@H]2C3=CC[C@@H]4C(=O)N(C(N)=O)C(=O)[C@@H]4[C@@H]3C[C@H]3C(=O)N(c4ccc(F)c(Cl)c4)C(=O)[C@@]23C)ccc1O. The third-order valence-electron chi connectivity index (χ3n) is 9.19. The van der Waals surface area contributed by atoms with Crippen molar-refractivity contribution < 1.29 is 38.2 Å². The van der Waals surface area contributed by atoms with Gasteiger partial charge in [0.2, 0.25) is 23.6 Å². The van der Waals surface area contributed by atoms with Crippen molar-refractivity contribution >= 4 is 46.9 Å². The average molecular weight is 582 g/mol. The number of imide groups is 4. The maximum atomic E-state index is 14.3. The highest BCUT2D eigenvalue weighted by Gasteiger charge is 2.68. The fourth-order valence-electron chi connectivity index (χ4n) is 7.36. The smallest absolute Gasteiger partial charge is 0.328 e. The van der Waals surface area contributed by atoms with Crippen LogP contribution in [0.5, 0.6) is 11.5 Å². The van der Waals surface area contributed by atoms with Gasteiger partial charge in [0.1, 0.15) is 5.82 Å². The molecule has 10 nitrogen and oxygen atoms in total. The lowest BCUT2D eigenvalue weighted by atomic mass is 9.51. The van der Waals surface area contributed by atoms with Crippen LogP contribution in [0.15, 0.2) is 48.0 Å². The van der Waals surface area contributed by atoms with Crippen molar-refractivity contribution in [3.63, 3.8) is 0 Å². The van der Waals surface area contributed by atoms with Crippen LogP contribution in [0, 0.1) is 34.9 Å². The summed E-state index contributed by atoms with van der Waals surface area (Å²) in [6.07, 6.45) is 2.00. The molecule has 2 aliphatic carbocycles. The first-order valence-corrected chi connectivity index (χ1v) is 13.4. The maximum Gasteiger partial charge on any atom is 0.328 e. The molecule has 2 saturated heterocycles. The van der Waals surface area contributed by atoms with Crippen molar-refractivity contribution in [1.29, 1.82) is 0 Å². The number of phenolic OH excluding ortho intramolecular Hbond substituents is 1. The highest BCUT2D eigenvalue weighted by Crippen LogP contribution is 2.64. The summed E-state index contributed by atoms with van der Waals surface area (Å²) in [5.41, 5.74) is 5.32. The standard InChI is InChI=1S/C29H25ClFN3O7/c1-29-17(25(37)33(27(29)39)13-4-7-19(31)18(30)10-13)11-16-14(23(29)12-3-8-20(35)21(9-12)41-2)5-6-15-22(16)26(38)34(24(15)36)28(32)40/h3-5,7-10,15-17,22-23,35H,6,11H2,1-2H3,(H2,32,40)/t15-,16+,17-,22-,23-,29+/m0/s1. The first-order valence-electron chi connectivity index (χ1n) is 13.0. The van der Waals surface area contributed by atoms with Crippen LogP contribution in [-0.2, 0) is 19.2 Å². The molecular weight excluding hydrogens is 557 g/mol. The molecule has 6 atom stereocenters. The van der Waals surface area contributed by atoms with E-state index < -0.39 is 70.5 Å². The van der Waals surface area contributed by atoms with Crippen LogP contribution in [0.3, 0.4) is 0 Å². The second-order valence-corrected chi connectivity index (χ2v) is 11.4. The molecule has 3 N–H and O–H groups in total. The van der Waals surface area contributed by atoms with Gasteiger partial charge in [0.15, 0.2) is 11.5 Å². The van der Waals surface area contributed by atoms with Crippen LogP contribution in [0.1, 0.15) is 31.2 Å². The molecule has 2 aromatic rings. The number of rotatable bonds is 3. The summed E-state index contributed by atoms with van der Waals surface area (Å²) >= 11 is 5.99. The number of urea groups is 1. The molecule has 3 fully saturated rings. The number of hydrogen-bond donors (Lipinski definition) is 2. The molecule has 6 amide bonds. The number of phenols is 1. The molecule has 2 aromatic carbocycles. The first-order chi connectivity index (χ1) is 19.4. The second-order valence-electron chi connectivity index (χ2n) is 11.0. The molecule has 212 valence electrons. The molecule has 0 bridgehead atoms. The van der Waals surface area contributed by atoms with Crippen LogP contribution < -0.4 is 15.4 Å². The van der Waals surface area contributed by atoms with Gasteiger partial charge in [-0.3, -0.25) is 19.2 Å². The number of methoxy groups -OCH3 is 1. The number of hydrogen-bond acceptors (Lipinski definition) is 7. The van der Waals surface area contributed by atoms with Gasteiger partial charge in [0.25, 0.3) is 0 Å². The summed E-state index contributed by atoms with van der Waals surface area (Å²) in [6.45, 7) is 1.67. The molecule has 0 aromatic heterocycles. The molecule has 0 spiro atoms. The highest BCUT2D eigenvalue weighted by molar-refractivity contribution is 6.31. The first kappa shape index (κ1) is 26.9. The number of nitrogens with two attached hydrogens (primary N) is 1. The van der Waals surface area contributed by atoms with E-state index in [0.717, 1.165) is 11.0 Å². The molecule has 12 heteroatoms. The molecule has 6 rings (SSSR count). The molecule has 1 saturated carbocycles. The maximum absolute atomic E-state index is 14.3. The van der Waals surface area contributed by atoms with E-state index in [0.29, 0.717) is 16.0 Å². The number of amides is 6. The number of primary amides is 1. The zero-order valence-corrected chi connectivity index (χ0v) is 22.7. The molecule has 0 radical (unpaired) electrons. The largest absolute Gasteiger partial charge is 0.504 e. The number of ether oxygens (including phenoxy) is 1. The fraction of sp³-hybridized carbons (Fsp3) is 0.345. The minimum atomic E-state index is -1.37. The van der Waals surface area contributed by atoms with Gasteiger partial charge in [-0.2, -0.15) is 4.90 Å². The van der Waals surface area contributed by atoms with Crippen molar-refractivity contribution in [3.05, 3.63) is 64.5 Å². The van der Waals surface area contributed by atoms with E-state index in [1.54, 1.807) is 19.1 Å². The van der Waals surface area contributed by atoms with E-state index in [4.69, 9.17) is 22.1 Å². The summed E-state index contributed by atoms with van der Waals surface area (Å²) in [4.78, 5) is 68.2. The number of carbonyl (C=O) groups excluding carboxylic acids is 5. The van der Waals surface area contributed by atoms with Crippen LogP contribution >= 0.6 is 11.6 Å². The zero-order chi connectivity index (χ0) is 29.5. The number of likely N-dealkylation sites (tertiary alicyclic amines) is 1.